The summed E-state index contributed by atoms with van der Waals surface area (Å²) >= 11 is 1.57. The lowest BCUT2D eigenvalue weighted by Crippen LogP contribution is -2.33. The number of rotatable bonds is 6. The summed E-state index contributed by atoms with van der Waals surface area (Å²) in [6, 6.07) is -0.460. The minimum atomic E-state index is -0.460. The first-order valence-electron chi connectivity index (χ1n) is 7.00. The van der Waals surface area contributed by atoms with Crippen LogP contribution in [0.15, 0.2) is 6.20 Å². The smallest absolute Gasteiger partial charge is 0.329 e. The highest BCUT2D eigenvalue weighted by molar-refractivity contribution is 7.98. The Morgan fingerprint density at radius 1 is 1.45 bits per heavy atom. The molecule has 22 heavy (non-hydrogen) atoms. The molecule has 0 spiro atoms. The second-order valence-corrected chi connectivity index (χ2v) is 6.18. The highest BCUT2D eigenvalue weighted by atomic mass is 32.2. The molecule has 1 atom stereocenters. The van der Waals surface area contributed by atoms with Crippen molar-refractivity contribution in [2.24, 2.45) is 7.05 Å². The number of aromatic nitrogens is 4. The van der Waals surface area contributed by atoms with Gasteiger partial charge >= 0.3 is 5.97 Å². The molecule has 0 fully saturated rings. The largest absolute Gasteiger partial charge is 0.467 e. The molecule has 2 heterocycles. The van der Waals surface area contributed by atoms with Crippen molar-refractivity contribution in [2.75, 3.05) is 24.4 Å². The third-order valence-electron chi connectivity index (χ3n) is 3.26. The third-order valence-corrected chi connectivity index (χ3v) is 3.92. The normalized spacial score (nSPS) is 12.6. The molecule has 0 aliphatic rings. The minimum absolute atomic E-state index is 0.178. The van der Waals surface area contributed by atoms with E-state index in [1.54, 1.807) is 22.6 Å². The molecule has 0 radical (unpaired) electrons. The number of thioether (sulfide) groups is 1. The van der Waals surface area contributed by atoms with Crippen molar-refractivity contribution >= 4 is 34.6 Å². The van der Waals surface area contributed by atoms with E-state index < -0.39 is 6.04 Å². The van der Waals surface area contributed by atoms with Crippen LogP contribution in [0.25, 0.3) is 11.0 Å². The van der Waals surface area contributed by atoms with E-state index in [9.17, 15) is 4.79 Å². The summed E-state index contributed by atoms with van der Waals surface area (Å²) in [5, 5.41) is 8.20. The number of aryl methyl sites for hydroxylation is 1. The van der Waals surface area contributed by atoms with Crippen molar-refractivity contribution in [1.82, 2.24) is 19.7 Å². The Kier molecular flexibility index (Phi) is 5.23. The van der Waals surface area contributed by atoms with E-state index in [1.807, 2.05) is 27.2 Å². The topological polar surface area (TPSA) is 81.9 Å². The zero-order valence-electron chi connectivity index (χ0n) is 13.5. The van der Waals surface area contributed by atoms with E-state index in [1.165, 1.54) is 7.11 Å². The van der Waals surface area contributed by atoms with Crippen molar-refractivity contribution in [3.8, 4) is 0 Å². The first-order chi connectivity index (χ1) is 10.5. The molecule has 0 unspecified atom stereocenters. The molecule has 120 valence electrons. The van der Waals surface area contributed by atoms with Crippen LogP contribution in [0.3, 0.4) is 0 Å². The number of fused-ring (bicyclic) bond motifs is 1. The average molecular weight is 323 g/mol. The molecule has 0 aliphatic carbocycles. The first kappa shape index (κ1) is 16.5. The van der Waals surface area contributed by atoms with Gasteiger partial charge in [-0.1, -0.05) is 13.8 Å². The number of anilines is 1. The molecule has 2 rings (SSSR count). The summed E-state index contributed by atoms with van der Waals surface area (Å²) in [7, 11) is 3.22. The highest BCUT2D eigenvalue weighted by Gasteiger charge is 2.22. The molecule has 0 saturated carbocycles. The van der Waals surface area contributed by atoms with Gasteiger partial charge in [-0.25, -0.2) is 14.8 Å². The van der Waals surface area contributed by atoms with Crippen molar-refractivity contribution in [3.63, 3.8) is 0 Å². The standard InChI is InChI=1S/C14H21N5O2S/c1-8(2)11-17-12(9-6-15-19(3)13(9)18-11)16-10(7-22-5)14(20)21-4/h6,8,10H,7H2,1-5H3,(H,16,17,18)/t10-/m0/s1. The number of hydrogen-bond donors (Lipinski definition) is 1. The zero-order chi connectivity index (χ0) is 16.3. The molecular formula is C14H21N5O2S. The van der Waals surface area contributed by atoms with Crippen molar-refractivity contribution in [1.29, 1.82) is 0 Å². The van der Waals surface area contributed by atoms with Crippen LogP contribution in [-0.2, 0) is 16.6 Å². The van der Waals surface area contributed by atoms with E-state index in [4.69, 9.17) is 4.74 Å². The average Bonchev–Trinajstić information content (AvgIpc) is 2.87. The molecule has 1 N–H and O–H groups in total. The number of ether oxygens (including phenoxy) is 1. The molecular weight excluding hydrogens is 302 g/mol. The fraction of sp³-hybridized carbons (Fsp3) is 0.571. The van der Waals surface area contributed by atoms with Crippen LogP contribution in [-0.4, -0.2) is 50.9 Å². The van der Waals surface area contributed by atoms with Crippen LogP contribution in [0.5, 0.6) is 0 Å². The maximum Gasteiger partial charge on any atom is 0.329 e. The van der Waals surface area contributed by atoms with Gasteiger partial charge in [0.15, 0.2) is 5.65 Å². The Morgan fingerprint density at radius 2 is 2.18 bits per heavy atom. The van der Waals surface area contributed by atoms with Gasteiger partial charge in [-0.05, 0) is 6.26 Å². The molecule has 0 aliphatic heterocycles. The Hall–Kier alpha value is -1.83. The minimum Gasteiger partial charge on any atom is -0.467 e. The summed E-state index contributed by atoms with van der Waals surface area (Å²) in [6.07, 6.45) is 3.64. The zero-order valence-corrected chi connectivity index (χ0v) is 14.3. The number of nitrogens with one attached hydrogen (secondary N) is 1. The lowest BCUT2D eigenvalue weighted by atomic mass is 10.2. The Morgan fingerprint density at radius 3 is 2.77 bits per heavy atom. The van der Waals surface area contributed by atoms with Crippen LogP contribution >= 0.6 is 11.8 Å². The summed E-state index contributed by atoms with van der Waals surface area (Å²) in [4.78, 5) is 21.0. The molecule has 2 aromatic heterocycles. The third kappa shape index (κ3) is 3.32. The predicted octanol–water partition coefficient (Wildman–Crippen LogP) is 1.80. The van der Waals surface area contributed by atoms with Gasteiger partial charge in [0.25, 0.3) is 0 Å². The molecule has 7 nitrogen and oxygen atoms in total. The maximum atomic E-state index is 11.9. The van der Waals surface area contributed by atoms with E-state index in [0.717, 1.165) is 11.0 Å². The van der Waals surface area contributed by atoms with Gasteiger partial charge in [-0.3, -0.25) is 4.68 Å². The van der Waals surface area contributed by atoms with Crippen LogP contribution in [0.2, 0.25) is 0 Å². The fourth-order valence-electron chi connectivity index (χ4n) is 2.05. The van der Waals surface area contributed by atoms with Gasteiger partial charge in [-0.15, -0.1) is 0 Å². The van der Waals surface area contributed by atoms with Crippen molar-refractivity contribution in [3.05, 3.63) is 12.0 Å². The molecule has 0 bridgehead atoms. The molecule has 0 amide bonds. The van der Waals surface area contributed by atoms with Gasteiger partial charge in [0.05, 0.1) is 18.7 Å². The number of hydrogen-bond acceptors (Lipinski definition) is 7. The van der Waals surface area contributed by atoms with Crippen LogP contribution in [0, 0.1) is 0 Å². The van der Waals surface area contributed by atoms with Gasteiger partial charge in [0.1, 0.15) is 17.7 Å². The highest BCUT2D eigenvalue weighted by Crippen LogP contribution is 2.23. The summed E-state index contributed by atoms with van der Waals surface area (Å²) in [5.74, 6) is 1.79. The van der Waals surface area contributed by atoms with Gasteiger partial charge in [0, 0.05) is 18.7 Å². The van der Waals surface area contributed by atoms with Gasteiger partial charge in [0.2, 0.25) is 0 Å². The van der Waals surface area contributed by atoms with Crippen LogP contribution in [0.1, 0.15) is 25.6 Å². The first-order valence-corrected chi connectivity index (χ1v) is 8.40. The van der Waals surface area contributed by atoms with Gasteiger partial charge < -0.3 is 10.1 Å². The van der Waals surface area contributed by atoms with E-state index in [2.05, 4.69) is 20.4 Å². The monoisotopic (exact) mass is 323 g/mol. The number of nitrogens with zero attached hydrogens (tertiary/aromatic N) is 4. The molecule has 0 saturated heterocycles. The summed E-state index contributed by atoms with van der Waals surface area (Å²) < 4.78 is 6.56. The second-order valence-electron chi connectivity index (χ2n) is 5.27. The van der Waals surface area contributed by atoms with E-state index in [-0.39, 0.29) is 11.9 Å². The quantitative estimate of drug-likeness (QED) is 0.812. The molecule has 8 heteroatoms. The van der Waals surface area contributed by atoms with E-state index >= 15 is 0 Å². The van der Waals surface area contributed by atoms with Crippen molar-refractivity contribution < 1.29 is 9.53 Å². The fourth-order valence-corrected chi connectivity index (χ4v) is 2.60. The predicted molar refractivity (Wildman–Crippen MR) is 88.2 cm³/mol. The lowest BCUT2D eigenvalue weighted by molar-refractivity contribution is -0.140. The van der Waals surface area contributed by atoms with Crippen molar-refractivity contribution in [2.45, 2.75) is 25.8 Å². The Bertz CT molecular complexity index is 671. The Balaban J connectivity index is 2.46. The summed E-state index contributed by atoms with van der Waals surface area (Å²) in [5.41, 5.74) is 0.744. The van der Waals surface area contributed by atoms with Gasteiger partial charge in [-0.2, -0.15) is 16.9 Å². The van der Waals surface area contributed by atoms with Crippen LogP contribution < -0.4 is 5.32 Å². The van der Waals surface area contributed by atoms with E-state index in [0.29, 0.717) is 17.4 Å². The number of carbonyl (C=O) groups excluding carboxylic acids is 1. The number of methoxy groups -OCH3 is 1. The number of esters is 1. The number of carbonyl (C=O) groups is 1. The maximum absolute atomic E-state index is 11.9. The summed E-state index contributed by atoms with van der Waals surface area (Å²) in [6.45, 7) is 4.06. The molecule has 2 aromatic rings. The Labute approximate surface area is 133 Å². The second kappa shape index (κ2) is 6.95. The lowest BCUT2D eigenvalue weighted by Gasteiger charge is -2.17. The molecule has 0 aromatic carbocycles. The SMILES string of the molecule is COC(=O)[C@H](CSC)Nc1nc(C(C)C)nc2c1cnn2C. The van der Waals surface area contributed by atoms with Crippen LogP contribution in [0.4, 0.5) is 5.82 Å².